The molecule has 1 saturated heterocycles. The fourth-order valence-corrected chi connectivity index (χ4v) is 3.28. The van der Waals surface area contributed by atoms with E-state index in [1.54, 1.807) is 13.2 Å². The fraction of sp³-hybridized carbons (Fsp3) is 0.476. The van der Waals surface area contributed by atoms with Gasteiger partial charge in [0.05, 0.1) is 12.7 Å². The summed E-state index contributed by atoms with van der Waals surface area (Å²) in [6.07, 6.45) is 1.90. The number of pyridine rings is 1. The van der Waals surface area contributed by atoms with Gasteiger partial charge in [-0.15, -0.1) is 0 Å². The van der Waals surface area contributed by atoms with Crippen LogP contribution in [0, 0.1) is 11.7 Å². The Bertz CT molecular complexity index is 750. The molecular weight excluding hydrogens is 347 g/mol. The summed E-state index contributed by atoms with van der Waals surface area (Å²) in [6, 6.07) is 10.5. The van der Waals surface area contributed by atoms with Gasteiger partial charge in [0.2, 0.25) is 5.88 Å². The third kappa shape index (κ3) is 5.57. The van der Waals surface area contributed by atoms with E-state index in [1.165, 1.54) is 6.07 Å². The van der Waals surface area contributed by atoms with Crippen LogP contribution in [0.5, 0.6) is 11.6 Å². The molecule has 1 aromatic heterocycles. The number of nitrogens with zero attached hydrogens (tertiary/aromatic N) is 1. The third-order valence-electron chi connectivity index (χ3n) is 4.72. The standard InChI is InChI=1S/C21H27FN2O3/c1-21(2)12-16(10-11-27-21)13-23-20-18(22)8-9-19(24-20)26-14-15-4-6-17(25-3)7-5-15/h4-9,16H,10-14H2,1-3H3,(H,23,24). The minimum Gasteiger partial charge on any atom is -0.497 e. The summed E-state index contributed by atoms with van der Waals surface area (Å²) in [7, 11) is 1.63. The van der Waals surface area contributed by atoms with Crippen molar-refractivity contribution < 1.29 is 18.6 Å². The first-order valence-corrected chi connectivity index (χ1v) is 9.25. The second kappa shape index (κ2) is 8.57. The van der Waals surface area contributed by atoms with Gasteiger partial charge in [-0.1, -0.05) is 12.1 Å². The maximum Gasteiger partial charge on any atom is 0.215 e. The zero-order valence-corrected chi connectivity index (χ0v) is 16.1. The minimum atomic E-state index is -0.377. The smallest absolute Gasteiger partial charge is 0.215 e. The largest absolute Gasteiger partial charge is 0.497 e. The van der Waals surface area contributed by atoms with Crippen LogP contribution >= 0.6 is 0 Å². The van der Waals surface area contributed by atoms with Gasteiger partial charge in [0.15, 0.2) is 11.6 Å². The molecule has 5 nitrogen and oxygen atoms in total. The number of benzene rings is 1. The van der Waals surface area contributed by atoms with Crippen molar-refractivity contribution in [1.82, 2.24) is 4.98 Å². The highest BCUT2D eigenvalue weighted by atomic mass is 19.1. The van der Waals surface area contributed by atoms with Gasteiger partial charge in [-0.25, -0.2) is 4.39 Å². The Hall–Kier alpha value is -2.34. The molecule has 1 unspecified atom stereocenters. The van der Waals surface area contributed by atoms with Crippen molar-refractivity contribution in [1.29, 1.82) is 0 Å². The SMILES string of the molecule is COc1ccc(COc2ccc(F)c(NCC3CCOC(C)(C)C3)n2)cc1. The molecule has 0 spiro atoms. The molecule has 146 valence electrons. The number of hydrogen-bond acceptors (Lipinski definition) is 5. The Morgan fingerprint density at radius 3 is 2.70 bits per heavy atom. The molecule has 1 fully saturated rings. The van der Waals surface area contributed by atoms with Crippen LogP contribution in [-0.2, 0) is 11.3 Å². The minimum absolute atomic E-state index is 0.125. The highest BCUT2D eigenvalue weighted by molar-refractivity contribution is 5.39. The quantitative estimate of drug-likeness (QED) is 0.777. The molecule has 6 heteroatoms. The van der Waals surface area contributed by atoms with Crippen LogP contribution in [0.4, 0.5) is 10.2 Å². The Morgan fingerprint density at radius 1 is 1.22 bits per heavy atom. The molecule has 2 heterocycles. The number of hydrogen-bond donors (Lipinski definition) is 1. The monoisotopic (exact) mass is 374 g/mol. The molecule has 0 aliphatic carbocycles. The van der Waals surface area contributed by atoms with E-state index in [2.05, 4.69) is 24.1 Å². The fourth-order valence-electron chi connectivity index (χ4n) is 3.28. The zero-order chi connectivity index (χ0) is 19.3. The highest BCUT2D eigenvalue weighted by Crippen LogP contribution is 2.29. The molecule has 0 radical (unpaired) electrons. The Morgan fingerprint density at radius 2 is 2.00 bits per heavy atom. The Balaban J connectivity index is 1.56. The molecule has 1 aliphatic rings. The number of rotatable bonds is 7. The van der Waals surface area contributed by atoms with E-state index in [1.807, 2.05) is 24.3 Å². The van der Waals surface area contributed by atoms with Crippen LogP contribution in [0.25, 0.3) is 0 Å². The first kappa shape index (κ1) is 19.4. The van der Waals surface area contributed by atoms with Gasteiger partial charge in [-0.3, -0.25) is 0 Å². The summed E-state index contributed by atoms with van der Waals surface area (Å²) in [5.74, 6) is 1.46. The average Bonchev–Trinajstić information content (AvgIpc) is 2.66. The van der Waals surface area contributed by atoms with E-state index in [0.29, 0.717) is 24.9 Å². The second-order valence-electron chi connectivity index (χ2n) is 7.46. The molecule has 2 aromatic rings. The molecular formula is C21H27FN2O3. The molecule has 1 atom stereocenters. The zero-order valence-electron chi connectivity index (χ0n) is 16.1. The van der Waals surface area contributed by atoms with E-state index in [9.17, 15) is 4.39 Å². The van der Waals surface area contributed by atoms with E-state index < -0.39 is 0 Å². The summed E-state index contributed by atoms with van der Waals surface area (Å²) >= 11 is 0. The van der Waals surface area contributed by atoms with Crippen LogP contribution in [0.15, 0.2) is 36.4 Å². The maximum atomic E-state index is 14.1. The van der Waals surface area contributed by atoms with Crippen LogP contribution < -0.4 is 14.8 Å². The topological polar surface area (TPSA) is 52.6 Å². The van der Waals surface area contributed by atoms with Gasteiger partial charge in [-0.05, 0) is 56.4 Å². The lowest BCUT2D eigenvalue weighted by Gasteiger charge is -2.35. The van der Waals surface area contributed by atoms with Crippen LogP contribution in [0.1, 0.15) is 32.3 Å². The van der Waals surface area contributed by atoms with Gasteiger partial charge in [0.1, 0.15) is 12.4 Å². The molecule has 3 rings (SSSR count). The molecule has 1 aliphatic heterocycles. The van der Waals surface area contributed by atoms with Crippen molar-refractivity contribution in [3.63, 3.8) is 0 Å². The van der Waals surface area contributed by atoms with Gasteiger partial charge < -0.3 is 19.5 Å². The van der Waals surface area contributed by atoms with Crippen molar-refractivity contribution in [2.45, 2.75) is 38.9 Å². The van der Waals surface area contributed by atoms with Crippen molar-refractivity contribution in [2.75, 3.05) is 25.6 Å². The molecule has 0 amide bonds. The van der Waals surface area contributed by atoms with Crippen LogP contribution in [0.3, 0.4) is 0 Å². The number of methoxy groups -OCH3 is 1. The van der Waals surface area contributed by atoms with E-state index in [4.69, 9.17) is 14.2 Å². The lowest BCUT2D eigenvalue weighted by atomic mass is 9.88. The van der Waals surface area contributed by atoms with Gasteiger partial charge in [0.25, 0.3) is 0 Å². The molecule has 1 aromatic carbocycles. The maximum absolute atomic E-state index is 14.1. The first-order chi connectivity index (χ1) is 12.9. The molecule has 1 N–H and O–H groups in total. The van der Waals surface area contributed by atoms with E-state index in [-0.39, 0.29) is 17.2 Å². The third-order valence-corrected chi connectivity index (χ3v) is 4.72. The van der Waals surface area contributed by atoms with Crippen LogP contribution in [0.2, 0.25) is 0 Å². The number of nitrogens with one attached hydrogen (secondary N) is 1. The predicted octanol–water partition coefficient (Wildman–Crippen LogP) is 4.43. The predicted molar refractivity (Wildman–Crippen MR) is 103 cm³/mol. The summed E-state index contributed by atoms with van der Waals surface area (Å²) in [4.78, 5) is 4.28. The second-order valence-corrected chi connectivity index (χ2v) is 7.46. The number of aromatic nitrogens is 1. The van der Waals surface area contributed by atoms with Crippen molar-refractivity contribution in [3.05, 3.63) is 47.8 Å². The summed E-state index contributed by atoms with van der Waals surface area (Å²) in [6.45, 7) is 5.94. The van der Waals surface area contributed by atoms with E-state index >= 15 is 0 Å². The van der Waals surface area contributed by atoms with Crippen molar-refractivity contribution >= 4 is 5.82 Å². The summed E-state index contributed by atoms with van der Waals surface area (Å²) in [5, 5.41) is 3.14. The highest BCUT2D eigenvalue weighted by Gasteiger charge is 2.28. The summed E-state index contributed by atoms with van der Waals surface area (Å²) in [5.41, 5.74) is 0.862. The number of halogens is 1. The number of ether oxygens (including phenoxy) is 3. The molecule has 27 heavy (non-hydrogen) atoms. The van der Waals surface area contributed by atoms with E-state index in [0.717, 1.165) is 30.8 Å². The molecule has 0 bridgehead atoms. The first-order valence-electron chi connectivity index (χ1n) is 9.25. The van der Waals surface area contributed by atoms with Crippen LogP contribution in [-0.4, -0.2) is 30.8 Å². The lowest BCUT2D eigenvalue weighted by molar-refractivity contribution is -0.0700. The summed E-state index contributed by atoms with van der Waals surface area (Å²) < 4.78 is 30.7. The van der Waals surface area contributed by atoms with Crippen molar-refractivity contribution in [3.8, 4) is 11.6 Å². The number of anilines is 1. The Labute approximate surface area is 159 Å². The lowest BCUT2D eigenvalue weighted by Crippen LogP contribution is -2.36. The molecule has 0 saturated carbocycles. The van der Waals surface area contributed by atoms with Gasteiger partial charge in [-0.2, -0.15) is 4.98 Å². The van der Waals surface area contributed by atoms with Crippen molar-refractivity contribution in [2.24, 2.45) is 5.92 Å². The normalized spacial score (nSPS) is 18.7. The average molecular weight is 374 g/mol. The Kier molecular flexibility index (Phi) is 6.16. The van der Waals surface area contributed by atoms with Gasteiger partial charge in [0, 0.05) is 19.2 Å². The van der Waals surface area contributed by atoms with Gasteiger partial charge >= 0.3 is 0 Å².